The first kappa shape index (κ1) is 8.43. The molecule has 0 saturated heterocycles. The minimum Gasteiger partial charge on any atom is -0.376 e. The molecule has 0 radical (unpaired) electrons. The van der Waals surface area contributed by atoms with Crippen LogP contribution in [0.5, 0.6) is 0 Å². The van der Waals surface area contributed by atoms with Crippen molar-refractivity contribution >= 4 is 17.3 Å². The van der Waals surface area contributed by atoms with Gasteiger partial charge in [-0.3, -0.25) is 0 Å². The largest absolute Gasteiger partial charge is 0.376 e. The predicted molar refractivity (Wildman–Crippen MR) is 44.2 cm³/mol. The van der Waals surface area contributed by atoms with Gasteiger partial charge in [0.2, 0.25) is 0 Å². The van der Waals surface area contributed by atoms with Gasteiger partial charge in [-0.2, -0.15) is 0 Å². The van der Waals surface area contributed by atoms with E-state index in [1.54, 1.807) is 0 Å². The quantitative estimate of drug-likeness (QED) is 0.454. The third kappa shape index (κ3) is 7.43. The fraction of sp³-hybridized carbons (Fsp3) is 0.500. The van der Waals surface area contributed by atoms with E-state index >= 15 is 0 Å². The van der Waals surface area contributed by atoms with Gasteiger partial charge in [0, 0.05) is 6.54 Å². The minimum absolute atomic E-state index is 0.357. The van der Waals surface area contributed by atoms with Crippen molar-refractivity contribution in [1.29, 1.82) is 0 Å². The highest BCUT2D eigenvalue weighted by Crippen LogP contribution is 1.76. The van der Waals surface area contributed by atoms with E-state index in [0.29, 0.717) is 5.11 Å². The van der Waals surface area contributed by atoms with Gasteiger partial charge in [-0.25, -0.2) is 0 Å². The third-order valence-corrected chi connectivity index (χ3v) is 0.941. The molecule has 0 aromatic heterocycles. The van der Waals surface area contributed by atoms with Crippen molar-refractivity contribution in [3.63, 3.8) is 0 Å². The highest BCUT2D eigenvalue weighted by Gasteiger charge is 1.78. The van der Waals surface area contributed by atoms with E-state index < -0.39 is 0 Å². The van der Waals surface area contributed by atoms with E-state index in [2.05, 4.69) is 30.5 Å². The molecule has 0 unspecified atom stereocenters. The standard InChI is InChI=1S/C6H12N2S/c1-2-3-4-5-8-6(7)9/h3-4H,2,5H2,1H3,(H3,7,8,9). The number of allylic oxidation sites excluding steroid dienone is 1. The zero-order chi connectivity index (χ0) is 7.11. The molecule has 0 rings (SSSR count). The Bertz CT molecular complexity index is 110. The van der Waals surface area contributed by atoms with Crippen LogP contribution in [0, 0.1) is 0 Å². The summed E-state index contributed by atoms with van der Waals surface area (Å²) in [7, 11) is 0. The fourth-order valence-electron chi connectivity index (χ4n) is 0.410. The normalized spacial score (nSPS) is 9.89. The summed E-state index contributed by atoms with van der Waals surface area (Å²) < 4.78 is 0. The molecule has 0 aliphatic heterocycles. The highest BCUT2D eigenvalue weighted by atomic mass is 32.1. The maximum atomic E-state index is 5.16. The van der Waals surface area contributed by atoms with Crippen LogP contribution in [0.15, 0.2) is 12.2 Å². The van der Waals surface area contributed by atoms with Gasteiger partial charge in [-0.05, 0) is 18.6 Å². The maximum absolute atomic E-state index is 5.16. The molecule has 0 aliphatic rings. The second-order valence-corrected chi connectivity index (χ2v) is 2.06. The molecule has 3 N–H and O–H groups in total. The summed E-state index contributed by atoms with van der Waals surface area (Å²) in [6, 6.07) is 0. The summed E-state index contributed by atoms with van der Waals surface area (Å²) in [5.41, 5.74) is 5.16. The number of nitrogens with one attached hydrogen (secondary N) is 1. The lowest BCUT2D eigenvalue weighted by Crippen LogP contribution is -2.28. The van der Waals surface area contributed by atoms with Crippen molar-refractivity contribution in [1.82, 2.24) is 5.32 Å². The van der Waals surface area contributed by atoms with E-state index in [9.17, 15) is 0 Å². The molecular weight excluding hydrogens is 132 g/mol. The molecule has 52 valence electrons. The van der Waals surface area contributed by atoms with Gasteiger partial charge in [0.15, 0.2) is 5.11 Å². The minimum atomic E-state index is 0.357. The van der Waals surface area contributed by atoms with E-state index in [-0.39, 0.29) is 0 Å². The second-order valence-electron chi connectivity index (χ2n) is 1.62. The van der Waals surface area contributed by atoms with Crippen molar-refractivity contribution in [3.8, 4) is 0 Å². The number of rotatable bonds is 3. The van der Waals surface area contributed by atoms with Gasteiger partial charge < -0.3 is 11.1 Å². The molecule has 0 spiro atoms. The van der Waals surface area contributed by atoms with Crippen molar-refractivity contribution < 1.29 is 0 Å². The number of thiocarbonyl (C=S) groups is 1. The molecule has 0 bridgehead atoms. The van der Waals surface area contributed by atoms with Crippen LogP contribution in [-0.2, 0) is 0 Å². The number of hydrogen-bond donors (Lipinski definition) is 2. The third-order valence-electron chi connectivity index (χ3n) is 0.797. The van der Waals surface area contributed by atoms with Crippen LogP contribution in [0.1, 0.15) is 13.3 Å². The van der Waals surface area contributed by atoms with Crippen LogP contribution in [0.25, 0.3) is 0 Å². The zero-order valence-corrected chi connectivity index (χ0v) is 6.37. The predicted octanol–water partition coefficient (Wildman–Crippen LogP) is 0.786. The molecule has 3 heteroatoms. The van der Waals surface area contributed by atoms with Gasteiger partial charge in [0.1, 0.15) is 0 Å². The average molecular weight is 144 g/mol. The first-order chi connectivity index (χ1) is 4.27. The Hall–Kier alpha value is -0.570. The number of hydrogen-bond acceptors (Lipinski definition) is 1. The molecule has 0 aromatic rings. The maximum Gasteiger partial charge on any atom is 0.163 e. The summed E-state index contributed by atoms with van der Waals surface area (Å²) in [5, 5.41) is 3.16. The Morgan fingerprint density at radius 1 is 1.67 bits per heavy atom. The first-order valence-corrected chi connectivity index (χ1v) is 3.36. The van der Waals surface area contributed by atoms with Crippen molar-refractivity contribution in [2.75, 3.05) is 6.54 Å². The molecule has 0 atom stereocenters. The number of nitrogens with two attached hydrogens (primary N) is 1. The fourth-order valence-corrected chi connectivity index (χ4v) is 0.493. The summed E-state index contributed by atoms with van der Waals surface area (Å²) in [6.07, 6.45) is 5.11. The molecule has 0 aromatic carbocycles. The average Bonchev–Trinajstić information content (AvgIpc) is 1.80. The van der Waals surface area contributed by atoms with Crippen LogP contribution in [-0.4, -0.2) is 11.7 Å². The van der Waals surface area contributed by atoms with Crippen LogP contribution in [0.2, 0.25) is 0 Å². The van der Waals surface area contributed by atoms with E-state index in [1.807, 2.05) is 6.08 Å². The van der Waals surface area contributed by atoms with Gasteiger partial charge in [-0.15, -0.1) is 0 Å². The van der Waals surface area contributed by atoms with Crippen LogP contribution >= 0.6 is 12.2 Å². The van der Waals surface area contributed by atoms with Gasteiger partial charge >= 0.3 is 0 Å². The van der Waals surface area contributed by atoms with Crippen LogP contribution < -0.4 is 11.1 Å². The Kier molecular flexibility index (Phi) is 5.21. The van der Waals surface area contributed by atoms with Gasteiger partial charge in [-0.1, -0.05) is 19.1 Å². The smallest absolute Gasteiger partial charge is 0.163 e. The molecule has 0 amide bonds. The van der Waals surface area contributed by atoms with Crippen molar-refractivity contribution in [2.45, 2.75) is 13.3 Å². The molecule has 0 fully saturated rings. The van der Waals surface area contributed by atoms with Gasteiger partial charge in [0.25, 0.3) is 0 Å². The lowest BCUT2D eigenvalue weighted by atomic mass is 10.4. The Morgan fingerprint density at radius 3 is 2.78 bits per heavy atom. The Balaban J connectivity index is 3.09. The second kappa shape index (κ2) is 5.56. The molecular formula is C6H12N2S. The van der Waals surface area contributed by atoms with Crippen molar-refractivity contribution in [2.24, 2.45) is 5.73 Å². The lowest BCUT2D eigenvalue weighted by molar-refractivity contribution is 1.04. The van der Waals surface area contributed by atoms with E-state index in [1.165, 1.54) is 0 Å². The SMILES string of the molecule is CCC=CCNC(N)=S. The van der Waals surface area contributed by atoms with Crippen LogP contribution in [0.3, 0.4) is 0 Å². The van der Waals surface area contributed by atoms with E-state index in [0.717, 1.165) is 13.0 Å². The summed E-state index contributed by atoms with van der Waals surface area (Å²) in [6.45, 7) is 2.82. The Labute approximate surface area is 61.1 Å². The summed E-state index contributed by atoms with van der Waals surface area (Å²) in [4.78, 5) is 0. The van der Waals surface area contributed by atoms with E-state index in [4.69, 9.17) is 5.73 Å². The molecule has 0 aliphatic carbocycles. The summed E-state index contributed by atoms with van der Waals surface area (Å²) in [5.74, 6) is 0. The summed E-state index contributed by atoms with van der Waals surface area (Å²) >= 11 is 4.58. The molecule has 9 heavy (non-hydrogen) atoms. The first-order valence-electron chi connectivity index (χ1n) is 2.95. The van der Waals surface area contributed by atoms with Crippen molar-refractivity contribution in [3.05, 3.63) is 12.2 Å². The molecule has 0 saturated carbocycles. The Morgan fingerprint density at radius 2 is 2.33 bits per heavy atom. The monoisotopic (exact) mass is 144 g/mol. The topological polar surface area (TPSA) is 38.0 Å². The lowest BCUT2D eigenvalue weighted by Gasteiger charge is -1.95. The van der Waals surface area contributed by atoms with Crippen LogP contribution in [0.4, 0.5) is 0 Å². The van der Waals surface area contributed by atoms with Gasteiger partial charge in [0.05, 0.1) is 0 Å². The molecule has 2 nitrogen and oxygen atoms in total. The molecule has 0 heterocycles. The highest BCUT2D eigenvalue weighted by molar-refractivity contribution is 7.80. The zero-order valence-electron chi connectivity index (χ0n) is 5.55.